The Bertz CT molecular complexity index is 880. The van der Waals surface area contributed by atoms with Crippen LogP contribution in [0.15, 0.2) is 42.5 Å². The fraction of sp³-hybridized carbons (Fsp3) is 0.435. The van der Waals surface area contributed by atoms with Crippen LogP contribution in [0.5, 0.6) is 0 Å². The Hall–Kier alpha value is -2.89. The van der Waals surface area contributed by atoms with Gasteiger partial charge in [0.1, 0.15) is 6.54 Å². The molecule has 0 bridgehead atoms. The quantitative estimate of drug-likeness (QED) is 0.762. The molecule has 1 heterocycles. The summed E-state index contributed by atoms with van der Waals surface area (Å²) in [5, 5.41) is 4.66. The van der Waals surface area contributed by atoms with Crippen LogP contribution in [-0.2, 0) is 25.5 Å². The first-order chi connectivity index (χ1) is 13.9. The van der Waals surface area contributed by atoms with Gasteiger partial charge in [0, 0.05) is 13.1 Å². The van der Waals surface area contributed by atoms with E-state index in [1.54, 1.807) is 4.90 Å². The van der Waals surface area contributed by atoms with E-state index in [1.165, 1.54) is 0 Å². The summed E-state index contributed by atoms with van der Waals surface area (Å²) in [6.45, 7) is 5.10. The number of piperidine rings is 1. The molecule has 29 heavy (non-hydrogen) atoms. The largest absolute Gasteiger partial charge is 0.454 e. The van der Waals surface area contributed by atoms with Crippen molar-refractivity contribution in [3.05, 3.63) is 48.0 Å². The molecule has 2 aromatic rings. The van der Waals surface area contributed by atoms with Gasteiger partial charge < -0.3 is 15.0 Å². The smallest absolute Gasteiger partial charge is 0.325 e. The number of amides is 2. The van der Waals surface area contributed by atoms with E-state index in [0.29, 0.717) is 24.9 Å². The van der Waals surface area contributed by atoms with Crippen molar-refractivity contribution < 1.29 is 19.1 Å². The van der Waals surface area contributed by atoms with Crippen molar-refractivity contribution >= 4 is 28.6 Å². The second-order valence-electron chi connectivity index (χ2n) is 8.00. The van der Waals surface area contributed by atoms with Crippen LogP contribution in [0.4, 0.5) is 0 Å². The summed E-state index contributed by atoms with van der Waals surface area (Å²) in [4.78, 5) is 38.2. The van der Waals surface area contributed by atoms with Crippen LogP contribution in [0.25, 0.3) is 10.8 Å². The first-order valence-corrected chi connectivity index (χ1v) is 10.1. The van der Waals surface area contributed by atoms with E-state index in [4.69, 9.17) is 4.74 Å². The van der Waals surface area contributed by atoms with Crippen LogP contribution in [0.1, 0.15) is 25.8 Å². The van der Waals surface area contributed by atoms with E-state index >= 15 is 0 Å². The van der Waals surface area contributed by atoms with Crippen molar-refractivity contribution in [2.75, 3.05) is 26.2 Å². The molecule has 2 atom stereocenters. The normalized spacial score (nSPS) is 19.0. The second kappa shape index (κ2) is 9.54. The van der Waals surface area contributed by atoms with Crippen LogP contribution < -0.4 is 5.32 Å². The average molecular weight is 396 g/mol. The third kappa shape index (κ3) is 5.79. The van der Waals surface area contributed by atoms with Crippen molar-refractivity contribution in [1.29, 1.82) is 0 Å². The van der Waals surface area contributed by atoms with Gasteiger partial charge in [-0.3, -0.25) is 14.4 Å². The number of fused-ring (bicyclic) bond motifs is 1. The van der Waals surface area contributed by atoms with Crippen molar-refractivity contribution in [3.63, 3.8) is 0 Å². The van der Waals surface area contributed by atoms with Crippen LogP contribution in [0.3, 0.4) is 0 Å². The highest BCUT2D eigenvalue weighted by Gasteiger charge is 2.25. The molecule has 1 fully saturated rings. The summed E-state index contributed by atoms with van der Waals surface area (Å²) in [5.41, 5.74) is 0.900. The average Bonchev–Trinajstić information content (AvgIpc) is 2.70. The molecule has 1 saturated heterocycles. The minimum Gasteiger partial charge on any atom is -0.454 e. The van der Waals surface area contributed by atoms with E-state index < -0.39 is 5.97 Å². The summed E-state index contributed by atoms with van der Waals surface area (Å²) in [7, 11) is 0. The molecule has 2 aromatic carbocycles. The number of esters is 1. The first kappa shape index (κ1) is 20.8. The molecule has 6 nitrogen and oxygen atoms in total. The van der Waals surface area contributed by atoms with E-state index in [9.17, 15) is 14.4 Å². The Labute approximate surface area is 171 Å². The van der Waals surface area contributed by atoms with Gasteiger partial charge in [-0.25, -0.2) is 0 Å². The maximum absolute atomic E-state index is 12.3. The van der Waals surface area contributed by atoms with Crippen molar-refractivity contribution in [3.8, 4) is 0 Å². The number of carbonyl (C=O) groups is 3. The van der Waals surface area contributed by atoms with Crippen molar-refractivity contribution in [1.82, 2.24) is 10.2 Å². The first-order valence-electron chi connectivity index (χ1n) is 10.1. The van der Waals surface area contributed by atoms with Gasteiger partial charge in [0.15, 0.2) is 6.61 Å². The van der Waals surface area contributed by atoms with Gasteiger partial charge in [0.25, 0.3) is 5.91 Å². The summed E-state index contributed by atoms with van der Waals surface area (Å²) in [6, 6.07) is 13.7. The third-order valence-electron chi connectivity index (χ3n) is 5.24. The zero-order chi connectivity index (χ0) is 20.8. The molecule has 0 saturated carbocycles. The molecular weight excluding hydrogens is 368 g/mol. The van der Waals surface area contributed by atoms with E-state index in [-0.39, 0.29) is 31.4 Å². The van der Waals surface area contributed by atoms with Crippen LogP contribution in [0, 0.1) is 11.8 Å². The molecule has 0 radical (unpaired) electrons. The molecule has 0 aliphatic carbocycles. The topological polar surface area (TPSA) is 75.7 Å². The highest BCUT2D eigenvalue weighted by atomic mass is 16.5. The third-order valence-corrected chi connectivity index (χ3v) is 5.24. The fourth-order valence-corrected chi connectivity index (χ4v) is 4.00. The molecular formula is C23H28N2O4. The molecule has 0 unspecified atom stereocenters. The Morgan fingerprint density at radius 1 is 1.03 bits per heavy atom. The standard InChI is InChI=1S/C23H28N2O4/c1-16-10-17(2)14-25(13-16)22(27)15-29-23(28)12-24-21(26)11-19-8-5-7-18-6-3-4-9-20(18)19/h3-9,16-17H,10-15H2,1-2H3,(H,24,26)/t16-,17-/m0/s1. The molecule has 154 valence electrons. The van der Waals surface area contributed by atoms with E-state index in [2.05, 4.69) is 19.2 Å². The number of nitrogens with one attached hydrogen (secondary N) is 1. The number of nitrogens with zero attached hydrogens (tertiary/aromatic N) is 1. The monoisotopic (exact) mass is 396 g/mol. The SMILES string of the molecule is C[C@H]1C[C@H](C)CN(C(=O)COC(=O)CNC(=O)Cc2cccc3ccccc23)C1. The molecule has 2 amide bonds. The molecule has 1 aliphatic rings. The van der Waals surface area contributed by atoms with Gasteiger partial charge in [-0.05, 0) is 34.6 Å². The van der Waals surface area contributed by atoms with Gasteiger partial charge in [-0.15, -0.1) is 0 Å². The molecule has 0 aromatic heterocycles. The number of carbonyl (C=O) groups excluding carboxylic acids is 3. The summed E-state index contributed by atoms with van der Waals surface area (Å²) in [5.74, 6) is -0.150. The summed E-state index contributed by atoms with van der Waals surface area (Å²) >= 11 is 0. The highest BCUT2D eigenvalue weighted by molar-refractivity contribution is 5.91. The minimum atomic E-state index is -0.609. The minimum absolute atomic E-state index is 0.178. The predicted molar refractivity (Wildman–Crippen MR) is 111 cm³/mol. The van der Waals surface area contributed by atoms with Gasteiger partial charge in [0.05, 0.1) is 6.42 Å². The number of rotatable bonds is 6. The molecule has 1 N–H and O–H groups in total. The van der Waals surface area contributed by atoms with Crippen LogP contribution >= 0.6 is 0 Å². The zero-order valence-electron chi connectivity index (χ0n) is 17.0. The number of ether oxygens (including phenoxy) is 1. The molecule has 3 rings (SSSR count). The van der Waals surface area contributed by atoms with Crippen molar-refractivity contribution in [2.45, 2.75) is 26.7 Å². The lowest BCUT2D eigenvalue weighted by Gasteiger charge is -2.34. The molecule has 1 aliphatic heterocycles. The molecule has 0 spiro atoms. The zero-order valence-corrected chi connectivity index (χ0v) is 17.0. The number of likely N-dealkylation sites (tertiary alicyclic amines) is 1. The number of hydrogen-bond donors (Lipinski definition) is 1. The Morgan fingerprint density at radius 2 is 1.72 bits per heavy atom. The molecule has 6 heteroatoms. The van der Waals surface area contributed by atoms with Gasteiger partial charge in [-0.1, -0.05) is 56.3 Å². The number of hydrogen-bond acceptors (Lipinski definition) is 4. The Morgan fingerprint density at radius 3 is 2.48 bits per heavy atom. The fourth-order valence-electron chi connectivity index (χ4n) is 4.00. The maximum Gasteiger partial charge on any atom is 0.325 e. The second-order valence-corrected chi connectivity index (χ2v) is 8.00. The van der Waals surface area contributed by atoms with Crippen LogP contribution in [-0.4, -0.2) is 48.9 Å². The highest BCUT2D eigenvalue weighted by Crippen LogP contribution is 2.21. The maximum atomic E-state index is 12.3. The van der Waals surface area contributed by atoms with E-state index in [1.807, 2.05) is 42.5 Å². The van der Waals surface area contributed by atoms with Gasteiger partial charge in [0.2, 0.25) is 5.91 Å². The lowest BCUT2D eigenvalue weighted by Crippen LogP contribution is -2.44. The van der Waals surface area contributed by atoms with Crippen molar-refractivity contribution in [2.24, 2.45) is 11.8 Å². The Balaban J connectivity index is 1.43. The lowest BCUT2D eigenvalue weighted by molar-refractivity contribution is -0.152. The van der Waals surface area contributed by atoms with E-state index in [0.717, 1.165) is 22.8 Å². The summed E-state index contributed by atoms with van der Waals surface area (Å²) in [6.07, 6.45) is 1.28. The van der Waals surface area contributed by atoms with Crippen LogP contribution in [0.2, 0.25) is 0 Å². The predicted octanol–water partition coefficient (Wildman–Crippen LogP) is 2.55. The number of benzene rings is 2. The summed E-state index contributed by atoms with van der Waals surface area (Å²) < 4.78 is 5.05. The lowest BCUT2D eigenvalue weighted by atomic mass is 9.92. The Kier molecular flexibility index (Phi) is 6.86. The van der Waals surface area contributed by atoms with Gasteiger partial charge >= 0.3 is 5.97 Å². The van der Waals surface area contributed by atoms with Gasteiger partial charge in [-0.2, -0.15) is 0 Å².